The number of hydrogen-bond donors (Lipinski definition) is 0. The van der Waals surface area contributed by atoms with E-state index in [9.17, 15) is 4.79 Å². The lowest BCUT2D eigenvalue weighted by atomic mass is 10.2. The Morgan fingerprint density at radius 3 is 2.50 bits per heavy atom. The van der Waals surface area contributed by atoms with Crippen molar-refractivity contribution in [2.75, 3.05) is 0 Å². The number of nitrogens with zero attached hydrogens (tertiary/aromatic N) is 1. The molecule has 0 aliphatic carbocycles. The van der Waals surface area contributed by atoms with Crippen molar-refractivity contribution in [2.24, 2.45) is 0 Å². The van der Waals surface area contributed by atoms with Crippen LogP contribution in [0.4, 0.5) is 0 Å². The Balaban J connectivity index is 2.41. The van der Waals surface area contributed by atoms with Crippen molar-refractivity contribution in [3.63, 3.8) is 0 Å². The fraction of sp³-hybridized carbons (Fsp3) is 0. The van der Waals surface area contributed by atoms with Gasteiger partial charge < -0.3 is 4.57 Å². The molecule has 0 aliphatic rings. The van der Waals surface area contributed by atoms with Gasteiger partial charge in [-0.15, -0.1) is 0 Å². The number of para-hydroxylation sites is 1. The highest BCUT2D eigenvalue weighted by Crippen LogP contribution is 2.19. The summed E-state index contributed by atoms with van der Waals surface area (Å²) in [6.45, 7) is 0. The minimum atomic E-state index is 0.00819. The Labute approximate surface area is 109 Å². The second-order valence-corrected chi connectivity index (χ2v) is 4.48. The first-order valence-electron chi connectivity index (χ1n) is 5.62. The number of fused-ring (bicyclic) bond motifs is 1. The summed E-state index contributed by atoms with van der Waals surface area (Å²) in [4.78, 5) is 11.8. The molecule has 3 aromatic rings. The van der Waals surface area contributed by atoms with Crippen molar-refractivity contribution in [3.8, 4) is 5.69 Å². The van der Waals surface area contributed by atoms with Crippen LogP contribution in [0.2, 0.25) is 5.02 Å². The third-order valence-electron chi connectivity index (χ3n) is 2.89. The van der Waals surface area contributed by atoms with E-state index in [4.69, 9.17) is 11.6 Å². The second-order valence-electron chi connectivity index (χ2n) is 4.05. The standard InChI is InChI=1S/C15H10ClNO/c16-11-6-7-13-14(10-11)17(9-8-15(13)18)12-4-2-1-3-5-12/h1-10H. The van der Waals surface area contributed by atoms with E-state index < -0.39 is 0 Å². The van der Waals surface area contributed by atoms with Crippen molar-refractivity contribution >= 4 is 22.5 Å². The molecule has 0 spiro atoms. The minimum absolute atomic E-state index is 0.00819. The quantitative estimate of drug-likeness (QED) is 0.651. The molecular formula is C15H10ClNO. The van der Waals surface area contributed by atoms with Gasteiger partial charge in [0.05, 0.1) is 5.52 Å². The van der Waals surface area contributed by atoms with Crippen LogP contribution >= 0.6 is 11.6 Å². The van der Waals surface area contributed by atoms with Gasteiger partial charge in [-0.05, 0) is 30.3 Å². The van der Waals surface area contributed by atoms with E-state index >= 15 is 0 Å². The molecule has 0 bridgehead atoms. The lowest BCUT2D eigenvalue weighted by molar-refractivity contribution is 1.10. The molecular weight excluding hydrogens is 246 g/mol. The lowest BCUT2D eigenvalue weighted by Gasteiger charge is -2.10. The summed E-state index contributed by atoms with van der Waals surface area (Å²) in [6, 6.07) is 16.7. The molecule has 0 fully saturated rings. The molecule has 0 N–H and O–H groups in total. The van der Waals surface area contributed by atoms with Gasteiger partial charge in [-0.1, -0.05) is 29.8 Å². The predicted molar refractivity (Wildman–Crippen MR) is 74.6 cm³/mol. The average molecular weight is 256 g/mol. The third-order valence-corrected chi connectivity index (χ3v) is 3.13. The summed E-state index contributed by atoms with van der Waals surface area (Å²) in [5, 5.41) is 1.29. The van der Waals surface area contributed by atoms with Gasteiger partial charge in [0.25, 0.3) is 0 Å². The van der Waals surface area contributed by atoms with Crippen molar-refractivity contribution < 1.29 is 0 Å². The molecule has 0 aliphatic heterocycles. The first-order valence-corrected chi connectivity index (χ1v) is 6.00. The molecule has 0 saturated carbocycles. The summed E-state index contributed by atoms with van der Waals surface area (Å²) in [7, 11) is 0. The topological polar surface area (TPSA) is 22.0 Å². The number of rotatable bonds is 1. The number of hydrogen-bond acceptors (Lipinski definition) is 1. The smallest absolute Gasteiger partial charge is 0.189 e. The van der Waals surface area contributed by atoms with E-state index in [-0.39, 0.29) is 5.43 Å². The Hall–Kier alpha value is -2.06. The van der Waals surface area contributed by atoms with Crippen LogP contribution < -0.4 is 5.43 Å². The number of halogens is 1. The Morgan fingerprint density at radius 1 is 0.944 bits per heavy atom. The summed E-state index contributed by atoms with van der Waals surface area (Å²) in [6.07, 6.45) is 1.77. The van der Waals surface area contributed by atoms with Gasteiger partial charge in [0.1, 0.15) is 0 Å². The highest BCUT2D eigenvalue weighted by Gasteiger charge is 2.04. The Bertz CT molecular complexity index is 762. The SMILES string of the molecule is O=c1ccn(-c2ccccc2)c2cc(Cl)ccc12. The van der Waals surface area contributed by atoms with Gasteiger partial charge in [0, 0.05) is 28.4 Å². The largest absolute Gasteiger partial charge is 0.316 e. The summed E-state index contributed by atoms with van der Waals surface area (Å²) < 4.78 is 1.96. The summed E-state index contributed by atoms with van der Waals surface area (Å²) in [5.74, 6) is 0. The number of aromatic nitrogens is 1. The fourth-order valence-corrected chi connectivity index (χ4v) is 2.20. The van der Waals surface area contributed by atoms with Gasteiger partial charge >= 0.3 is 0 Å². The second kappa shape index (κ2) is 4.31. The van der Waals surface area contributed by atoms with Gasteiger partial charge in [-0.2, -0.15) is 0 Å². The lowest BCUT2D eigenvalue weighted by Crippen LogP contribution is -2.06. The van der Waals surface area contributed by atoms with Gasteiger partial charge in [0.2, 0.25) is 0 Å². The molecule has 1 aromatic heterocycles. The van der Waals surface area contributed by atoms with Crippen molar-refractivity contribution in [3.05, 3.63) is 76.0 Å². The van der Waals surface area contributed by atoms with Crippen LogP contribution in [0.25, 0.3) is 16.6 Å². The zero-order chi connectivity index (χ0) is 12.5. The van der Waals surface area contributed by atoms with Crippen molar-refractivity contribution in [1.29, 1.82) is 0 Å². The monoisotopic (exact) mass is 255 g/mol. The molecule has 0 amide bonds. The first-order chi connectivity index (χ1) is 8.75. The Morgan fingerprint density at radius 2 is 1.72 bits per heavy atom. The van der Waals surface area contributed by atoms with E-state index in [2.05, 4.69) is 0 Å². The molecule has 0 unspecified atom stereocenters. The summed E-state index contributed by atoms with van der Waals surface area (Å²) >= 11 is 6.02. The maximum Gasteiger partial charge on any atom is 0.189 e. The molecule has 2 aromatic carbocycles. The molecule has 1 heterocycles. The van der Waals surface area contributed by atoms with Crippen LogP contribution in [0.3, 0.4) is 0 Å². The van der Waals surface area contributed by atoms with Crippen LogP contribution in [0.5, 0.6) is 0 Å². The van der Waals surface area contributed by atoms with E-state index in [1.165, 1.54) is 0 Å². The van der Waals surface area contributed by atoms with Gasteiger partial charge in [-0.3, -0.25) is 4.79 Å². The van der Waals surface area contributed by atoms with Gasteiger partial charge in [0.15, 0.2) is 5.43 Å². The molecule has 18 heavy (non-hydrogen) atoms. The molecule has 0 saturated heterocycles. The molecule has 2 nitrogen and oxygen atoms in total. The van der Waals surface area contributed by atoms with Crippen LogP contribution in [-0.2, 0) is 0 Å². The van der Waals surface area contributed by atoms with Crippen LogP contribution in [-0.4, -0.2) is 4.57 Å². The van der Waals surface area contributed by atoms with Crippen molar-refractivity contribution in [2.45, 2.75) is 0 Å². The minimum Gasteiger partial charge on any atom is -0.316 e. The number of benzene rings is 2. The number of pyridine rings is 1. The molecule has 3 heteroatoms. The van der Waals surface area contributed by atoms with E-state index in [0.717, 1.165) is 11.2 Å². The third kappa shape index (κ3) is 1.81. The zero-order valence-corrected chi connectivity index (χ0v) is 10.3. The highest BCUT2D eigenvalue weighted by atomic mass is 35.5. The van der Waals surface area contributed by atoms with Crippen LogP contribution in [0, 0.1) is 0 Å². The summed E-state index contributed by atoms with van der Waals surface area (Å²) in [5.41, 5.74) is 1.83. The molecule has 88 valence electrons. The van der Waals surface area contributed by atoms with Crippen LogP contribution in [0.1, 0.15) is 0 Å². The van der Waals surface area contributed by atoms with E-state index in [0.29, 0.717) is 10.4 Å². The maximum absolute atomic E-state index is 11.8. The normalized spacial score (nSPS) is 10.7. The van der Waals surface area contributed by atoms with E-state index in [1.54, 1.807) is 24.4 Å². The highest BCUT2D eigenvalue weighted by molar-refractivity contribution is 6.31. The predicted octanol–water partition coefficient (Wildman–Crippen LogP) is 3.64. The van der Waals surface area contributed by atoms with Crippen LogP contribution in [0.15, 0.2) is 65.6 Å². The average Bonchev–Trinajstić information content (AvgIpc) is 2.40. The zero-order valence-electron chi connectivity index (χ0n) is 9.51. The van der Waals surface area contributed by atoms with Gasteiger partial charge in [-0.25, -0.2) is 0 Å². The Kier molecular flexibility index (Phi) is 2.65. The fourth-order valence-electron chi connectivity index (χ4n) is 2.04. The molecule has 0 radical (unpaired) electrons. The molecule has 3 rings (SSSR count). The molecule has 0 atom stereocenters. The van der Waals surface area contributed by atoms with Crippen molar-refractivity contribution in [1.82, 2.24) is 4.57 Å². The first kappa shape index (κ1) is 11.1. The van der Waals surface area contributed by atoms with E-state index in [1.807, 2.05) is 41.0 Å². The maximum atomic E-state index is 11.8.